The van der Waals surface area contributed by atoms with Crippen molar-refractivity contribution in [3.63, 3.8) is 0 Å². The molecule has 0 atom stereocenters. The van der Waals surface area contributed by atoms with E-state index in [1.165, 1.54) is 5.56 Å². The highest BCUT2D eigenvalue weighted by Crippen LogP contribution is 2.16. The summed E-state index contributed by atoms with van der Waals surface area (Å²) in [6, 6.07) is 9.12. The fraction of sp³-hybridized carbons (Fsp3) is 0.571. The monoisotopic (exact) mass is 234 g/mol. The third-order valence-corrected chi connectivity index (χ3v) is 3.11. The summed E-state index contributed by atoms with van der Waals surface area (Å²) < 4.78 is 5.63. The molecule has 1 aliphatic heterocycles. The first-order chi connectivity index (χ1) is 8.15. The van der Waals surface area contributed by atoms with Crippen molar-refractivity contribution in [2.75, 3.05) is 20.1 Å². The molecule has 0 saturated carbocycles. The Morgan fingerprint density at radius 3 is 2.41 bits per heavy atom. The number of rotatable bonds is 5. The summed E-state index contributed by atoms with van der Waals surface area (Å²) in [4.78, 5) is 2.40. The number of nitrogens with zero attached hydrogens (tertiary/aromatic N) is 1. The molecule has 1 aliphatic rings. The molecule has 0 amide bonds. The molecule has 1 fully saturated rings. The smallest absolute Gasteiger partial charge is 0.119 e. The second-order valence-electron chi connectivity index (χ2n) is 5.04. The first-order valence-electron chi connectivity index (χ1n) is 6.31. The van der Waals surface area contributed by atoms with Gasteiger partial charge in [0.1, 0.15) is 5.75 Å². The molecule has 1 N–H and O–H groups in total. The van der Waals surface area contributed by atoms with E-state index in [4.69, 9.17) is 4.74 Å². The molecule has 0 bridgehead atoms. The largest absolute Gasteiger partial charge is 0.491 e. The molecule has 94 valence electrons. The van der Waals surface area contributed by atoms with E-state index >= 15 is 0 Å². The van der Waals surface area contributed by atoms with Gasteiger partial charge in [0.2, 0.25) is 0 Å². The number of nitrogens with one attached hydrogen (secondary N) is 1. The van der Waals surface area contributed by atoms with Gasteiger partial charge in [-0.15, -0.1) is 0 Å². The van der Waals surface area contributed by atoms with Crippen molar-refractivity contribution in [3.05, 3.63) is 29.8 Å². The van der Waals surface area contributed by atoms with Gasteiger partial charge < -0.3 is 10.1 Å². The van der Waals surface area contributed by atoms with Crippen LogP contribution >= 0.6 is 0 Å². The number of hydrogen-bond donors (Lipinski definition) is 1. The van der Waals surface area contributed by atoms with E-state index in [9.17, 15) is 0 Å². The Balaban J connectivity index is 1.88. The Kier molecular flexibility index (Phi) is 4.02. The standard InChI is InChI=1S/C14H22N2O/c1-11(2)17-14-6-4-12(5-7-14)10-16(3)13-8-15-9-13/h4-7,11,13,15H,8-10H2,1-3H3. The van der Waals surface area contributed by atoms with Crippen LogP contribution < -0.4 is 10.1 Å². The molecular formula is C14H22N2O. The lowest BCUT2D eigenvalue weighted by Crippen LogP contribution is -2.55. The van der Waals surface area contributed by atoms with E-state index in [1.54, 1.807) is 0 Å². The van der Waals surface area contributed by atoms with Gasteiger partial charge in [-0.05, 0) is 38.6 Å². The van der Waals surface area contributed by atoms with Gasteiger partial charge in [0.25, 0.3) is 0 Å². The summed E-state index contributed by atoms with van der Waals surface area (Å²) in [6.45, 7) is 7.33. The summed E-state index contributed by atoms with van der Waals surface area (Å²) in [5.74, 6) is 0.955. The second-order valence-corrected chi connectivity index (χ2v) is 5.04. The van der Waals surface area contributed by atoms with Crippen molar-refractivity contribution in [2.45, 2.75) is 32.5 Å². The van der Waals surface area contributed by atoms with Crippen LogP contribution in [-0.2, 0) is 6.54 Å². The summed E-state index contributed by atoms with van der Waals surface area (Å²) in [6.07, 6.45) is 0.240. The number of ether oxygens (including phenoxy) is 1. The molecular weight excluding hydrogens is 212 g/mol. The molecule has 2 rings (SSSR count). The van der Waals surface area contributed by atoms with Crippen LogP contribution in [-0.4, -0.2) is 37.2 Å². The zero-order chi connectivity index (χ0) is 12.3. The molecule has 3 heteroatoms. The van der Waals surface area contributed by atoms with Crippen molar-refractivity contribution in [3.8, 4) is 5.75 Å². The first-order valence-corrected chi connectivity index (χ1v) is 6.31. The van der Waals surface area contributed by atoms with Gasteiger partial charge in [0.05, 0.1) is 6.10 Å². The average molecular weight is 234 g/mol. The number of benzene rings is 1. The topological polar surface area (TPSA) is 24.5 Å². The Bertz CT molecular complexity index is 344. The van der Waals surface area contributed by atoms with Gasteiger partial charge in [-0.1, -0.05) is 12.1 Å². The highest BCUT2D eigenvalue weighted by Gasteiger charge is 2.21. The fourth-order valence-corrected chi connectivity index (χ4v) is 1.95. The van der Waals surface area contributed by atoms with Gasteiger partial charge in [-0.3, -0.25) is 4.90 Å². The lowest BCUT2D eigenvalue weighted by Gasteiger charge is -2.35. The van der Waals surface area contributed by atoms with E-state index < -0.39 is 0 Å². The lowest BCUT2D eigenvalue weighted by atomic mass is 10.1. The van der Waals surface area contributed by atoms with E-state index in [0.29, 0.717) is 6.04 Å². The fourth-order valence-electron chi connectivity index (χ4n) is 1.95. The normalized spacial score (nSPS) is 16.3. The number of likely N-dealkylation sites (N-methyl/N-ethyl adjacent to an activating group) is 1. The molecule has 0 unspecified atom stereocenters. The molecule has 1 heterocycles. The van der Waals surface area contributed by atoms with Crippen molar-refractivity contribution in [1.29, 1.82) is 0 Å². The van der Waals surface area contributed by atoms with E-state index in [2.05, 4.69) is 41.5 Å². The third kappa shape index (κ3) is 3.45. The second kappa shape index (κ2) is 5.52. The molecule has 17 heavy (non-hydrogen) atoms. The maximum atomic E-state index is 5.63. The van der Waals surface area contributed by atoms with Crippen molar-refractivity contribution < 1.29 is 4.74 Å². The lowest BCUT2D eigenvalue weighted by molar-refractivity contribution is 0.173. The zero-order valence-corrected chi connectivity index (χ0v) is 10.9. The molecule has 3 nitrogen and oxygen atoms in total. The van der Waals surface area contributed by atoms with Crippen molar-refractivity contribution in [2.24, 2.45) is 0 Å². The van der Waals surface area contributed by atoms with Crippen LogP contribution in [0.3, 0.4) is 0 Å². The Morgan fingerprint density at radius 2 is 1.94 bits per heavy atom. The number of hydrogen-bond acceptors (Lipinski definition) is 3. The molecule has 0 aliphatic carbocycles. The van der Waals surface area contributed by atoms with E-state index in [0.717, 1.165) is 25.4 Å². The minimum atomic E-state index is 0.240. The van der Waals surface area contributed by atoms with Crippen LogP contribution in [0.4, 0.5) is 0 Å². The summed E-state index contributed by atoms with van der Waals surface area (Å²) in [5.41, 5.74) is 1.34. The molecule has 0 spiro atoms. The summed E-state index contributed by atoms with van der Waals surface area (Å²) in [7, 11) is 2.18. The average Bonchev–Trinajstić information content (AvgIpc) is 2.17. The highest BCUT2D eigenvalue weighted by atomic mass is 16.5. The Labute approximate surface area is 104 Å². The van der Waals surface area contributed by atoms with Crippen LogP contribution in [0.2, 0.25) is 0 Å². The van der Waals surface area contributed by atoms with Gasteiger partial charge in [-0.2, -0.15) is 0 Å². The minimum Gasteiger partial charge on any atom is -0.491 e. The van der Waals surface area contributed by atoms with Crippen LogP contribution in [0.5, 0.6) is 5.75 Å². The SMILES string of the molecule is CC(C)Oc1ccc(CN(C)C2CNC2)cc1. The minimum absolute atomic E-state index is 0.240. The molecule has 1 saturated heterocycles. The quantitative estimate of drug-likeness (QED) is 0.842. The zero-order valence-electron chi connectivity index (χ0n) is 10.9. The Hall–Kier alpha value is -1.06. The van der Waals surface area contributed by atoms with E-state index in [1.807, 2.05) is 13.8 Å². The van der Waals surface area contributed by atoms with E-state index in [-0.39, 0.29) is 6.10 Å². The van der Waals surface area contributed by atoms with Gasteiger partial charge in [0.15, 0.2) is 0 Å². The van der Waals surface area contributed by atoms with Crippen LogP contribution in [0, 0.1) is 0 Å². The van der Waals surface area contributed by atoms with Crippen molar-refractivity contribution >= 4 is 0 Å². The van der Waals surface area contributed by atoms with Crippen LogP contribution in [0.1, 0.15) is 19.4 Å². The molecule has 0 radical (unpaired) electrons. The van der Waals surface area contributed by atoms with Gasteiger partial charge in [-0.25, -0.2) is 0 Å². The van der Waals surface area contributed by atoms with Gasteiger partial charge in [0, 0.05) is 25.7 Å². The van der Waals surface area contributed by atoms with Crippen LogP contribution in [0.15, 0.2) is 24.3 Å². The molecule has 1 aromatic rings. The van der Waals surface area contributed by atoms with Crippen LogP contribution in [0.25, 0.3) is 0 Å². The first kappa shape index (κ1) is 12.4. The van der Waals surface area contributed by atoms with Gasteiger partial charge >= 0.3 is 0 Å². The maximum Gasteiger partial charge on any atom is 0.119 e. The predicted octanol–water partition coefficient (Wildman–Crippen LogP) is 1.88. The molecule has 1 aromatic carbocycles. The highest BCUT2D eigenvalue weighted by molar-refractivity contribution is 5.27. The molecule has 0 aromatic heterocycles. The van der Waals surface area contributed by atoms with Crippen molar-refractivity contribution in [1.82, 2.24) is 10.2 Å². The summed E-state index contributed by atoms with van der Waals surface area (Å²) in [5, 5.41) is 3.30. The predicted molar refractivity (Wildman–Crippen MR) is 70.3 cm³/mol. The summed E-state index contributed by atoms with van der Waals surface area (Å²) >= 11 is 0. The maximum absolute atomic E-state index is 5.63. The third-order valence-electron chi connectivity index (χ3n) is 3.11. The Morgan fingerprint density at radius 1 is 1.29 bits per heavy atom.